The van der Waals surface area contributed by atoms with Gasteiger partial charge in [-0.05, 0) is 24.6 Å². The summed E-state index contributed by atoms with van der Waals surface area (Å²) in [4.78, 5) is 12.2. The summed E-state index contributed by atoms with van der Waals surface area (Å²) in [7, 11) is 0. The molecule has 1 atom stereocenters. The average molecular weight is 275 g/mol. The predicted molar refractivity (Wildman–Crippen MR) is 68.1 cm³/mol. The van der Waals surface area contributed by atoms with Crippen LogP contribution in [-0.2, 0) is 0 Å². The van der Waals surface area contributed by atoms with Crippen molar-refractivity contribution in [3.05, 3.63) is 28.2 Å². The van der Waals surface area contributed by atoms with Crippen LogP contribution < -0.4 is 5.32 Å². The fourth-order valence-electron chi connectivity index (χ4n) is 1.87. The molecule has 2 N–H and O–H groups in total. The Labute approximate surface area is 109 Å². The van der Waals surface area contributed by atoms with Crippen LogP contribution in [0.4, 0.5) is 10.5 Å². The first kappa shape index (κ1) is 12.3. The van der Waals surface area contributed by atoms with Gasteiger partial charge in [-0.25, -0.2) is 4.79 Å². The number of rotatable bonds is 2. The molecule has 0 unspecified atom stereocenters. The molecule has 1 heterocycles. The van der Waals surface area contributed by atoms with E-state index in [1.807, 2.05) is 6.07 Å². The molecule has 0 bridgehead atoms. The highest BCUT2D eigenvalue weighted by molar-refractivity contribution is 6.42. The highest BCUT2D eigenvalue weighted by atomic mass is 35.5. The van der Waals surface area contributed by atoms with Crippen LogP contribution in [0, 0.1) is 0 Å². The SMILES string of the molecule is O=C(O)N1CC[C@H](Nc2ccc(Cl)c(Cl)c2)C1. The Morgan fingerprint density at radius 1 is 1.41 bits per heavy atom. The number of nitrogens with one attached hydrogen (secondary N) is 1. The topological polar surface area (TPSA) is 52.6 Å². The lowest BCUT2D eigenvalue weighted by molar-refractivity contribution is 0.155. The van der Waals surface area contributed by atoms with Crippen LogP contribution in [0.5, 0.6) is 0 Å². The molecular weight excluding hydrogens is 263 g/mol. The Morgan fingerprint density at radius 3 is 2.76 bits per heavy atom. The number of hydrogen-bond donors (Lipinski definition) is 2. The molecule has 1 amide bonds. The van der Waals surface area contributed by atoms with E-state index in [1.165, 1.54) is 4.90 Å². The van der Waals surface area contributed by atoms with Crippen molar-refractivity contribution < 1.29 is 9.90 Å². The zero-order chi connectivity index (χ0) is 12.4. The molecular formula is C11H12Cl2N2O2. The number of carbonyl (C=O) groups is 1. The summed E-state index contributed by atoms with van der Waals surface area (Å²) in [5.74, 6) is 0. The summed E-state index contributed by atoms with van der Waals surface area (Å²) in [6, 6.07) is 5.42. The standard InChI is InChI=1S/C11H12Cl2N2O2/c12-9-2-1-7(5-10(9)13)14-8-3-4-15(6-8)11(16)17/h1-2,5,8,14H,3-4,6H2,(H,16,17)/t8-/m0/s1. The van der Waals surface area contributed by atoms with Crippen LogP contribution in [0.1, 0.15) is 6.42 Å². The van der Waals surface area contributed by atoms with E-state index < -0.39 is 6.09 Å². The summed E-state index contributed by atoms with van der Waals surface area (Å²) in [5, 5.41) is 13.1. The predicted octanol–water partition coefficient (Wildman–Crippen LogP) is 3.16. The summed E-state index contributed by atoms with van der Waals surface area (Å²) >= 11 is 11.7. The molecule has 1 fully saturated rings. The molecule has 2 rings (SSSR count). The third-order valence-electron chi connectivity index (χ3n) is 2.75. The first-order chi connectivity index (χ1) is 8.06. The number of carboxylic acid groups (broad SMARTS) is 1. The Hall–Kier alpha value is -1.13. The third kappa shape index (κ3) is 2.96. The third-order valence-corrected chi connectivity index (χ3v) is 3.49. The molecule has 92 valence electrons. The van der Waals surface area contributed by atoms with Crippen molar-refractivity contribution in [2.45, 2.75) is 12.5 Å². The Kier molecular flexibility index (Phi) is 3.64. The smallest absolute Gasteiger partial charge is 0.407 e. The van der Waals surface area contributed by atoms with Crippen LogP contribution in [0.3, 0.4) is 0 Å². The van der Waals surface area contributed by atoms with Gasteiger partial charge in [0.05, 0.1) is 10.0 Å². The second-order valence-electron chi connectivity index (χ2n) is 3.99. The van der Waals surface area contributed by atoms with Crippen LogP contribution in [0.2, 0.25) is 10.0 Å². The normalized spacial score (nSPS) is 19.4. The Morgan fingerprint density at radius 2 is 2.18 bits per heavy atom. The lowest BCUT2D eigenvalue weighted by atomic mass is 10.2. The summed E-state index contributed by atoms with van der Waals surface area (Å²) < 4.78 is 0. The minimum absolute atomic E-state index is 0.128. The number of amides is 1. The maximum atomic E-state index is 10.8. The van der Waals surface area contributed by atoms with E-state index in [2.05, 4.69) is 5.32 Å². The van der Waals surface area contributed by atoms with Gasteiger partial charge in [0.2, 0.25) is 0 Å². The second-order valence-corrected chi connectivity index (χ2v) is 4.80. The lowest BCUT2D eigenvalue weighted by Crippen LogP contribution is -2.30. The molecule has 1 aliphatic rings. The van der Waals surface area contributed by atoms with E-state index in [9.17, 15) is 4.79 Å². The molecule has 1 aromatic rings. The number of likely N-dealkylation sites (tertiary alicyclic amines) is 1. The number of anilines is 1. The van der Waals surface area contributed by atoms with Crippen molar-refractivity contribution in [1.82, 2.24) is 4.90 Å². The van der Waals surface area contributed by atoms with Gasteiger partial charge in [-0.2, -0.15) is 0 Å². The molecule has 1 saturated heterocycles. The minimum Gasteiger partial charge on any atom is -0.465 e. The van der Waals surface area contributed by atoms with E-state index in [4.69, 9.17) is 28.3 Å². The van der Waals surface area contributed by atoms with Gasteiger partial charge in [-0.1, -0.05) is 23.2 Å². The van der Waals surface area contributed by atoms with Crippen molar-refractivity contribution in [1.29, 1.82) is 0 Å². The van der Waals surface area contributed by atoms with Crippen molar-refractivity contribution in [3.8, 4) is 0 Å². The van der Waals surface area contributed by atoms with Gasteiger partial charge in [-0.3, -0.25) is 0 Å². The summed E-state index contributed by atoms with van der Waals surface area (Å²) in [5.41, 5.74) is 0.858. The molecule has 17 heavy (non-hydrogen) atoms. The number of halogens is 2. The maximum absolute atomic E-state index is 10.8. The molecule has 0 spiro atoms. The first-order valence-corrected chi connectivity index (χ1v) is 6.01. The molecule has 0 aromatic heterocycles. The Balaban J connectivity index is 1.98. The maximum Gasteiger partial charge on any atom is 0.407 e. The average Bonchev–Trinajstić information content (AvgIpc) is 2.72. The van der Waals surface area contributed by atoms with Crippen molar-refractivity contribution >= 4 is 35.0 Å². The number of nitrogens with zero attached hydrogens (tertiary/aromatic N) is 1. The zero-order valence-electron chi connectivity index (χ0n) is 8.99. The van der Waals surface area contributed by atoms with Crippen molar-refractivity contribution in [3.63, 3.8) is 0 Å². The van der Waals surface area contributed by atoms with E-state index in [-0.39, 0.29) is 6.04 Å². The van der Waals surface area contributed by atoms with E-state index >= 15 is 0 Å². The number of benzene rings is 1. The van der Waals surface area contributed by atoms with Gasteiger partial charge in [0.15, 0.2) is 0 Å². The second kappa shape index (κ2) is 5.02. The molecule has 1 aliphatic heterocycles. The molecule has 6 heteroatoms. The van der Waals surface area contributed by atoms with Gasteiger partial charge in [0, 0.05) is 24.8 Å². The van der Waals surface area contributed by atoms with Crippen molar-refractivity contribution in [2.75, 3.05) is 18.4 Å². The Bertz CT molecular complexity index is 439. The molecule has 0 saturated carbocycles. The largest absolute Gasteiger partial charge is 0.465 e. The summed E-state index contributed by atoms with van der Waals surface area (Å²) in [6.45, 7) is 1.06. The zero-order valence-corrected chi connectivity index (χ0v) is 10.5. The van der Waals surface area contributed by atoms with Gasteiger partial charge >= 0.3 is 6.09 Å². The monoisotopic (exact) mass is 274 g/mol. The highest BCUT2D eigenvalue weighted by Gasteiger charge is 2.25. The quantitative estimate of drug-likeness (QED) is 0.871. The van der Waals surface area contributed by atoms with E-state index in [0.717, 1.165) is 12.1 Å². The number of hydrogen-bond acceptors (Lipinski definition) is 2. The van der Waals surface area contributed by atoms with Gasteiger partial charge < -0.3 is 15.3 Å². The van der Waals surface area contributed by atoms with Crippen LogP contribution in [-0.4, -0.2) is 35.2 Å². The molecule has 0 aliphatic carbocycles. The molecule has 4 nitrogen and oxygen atoms in total. The lowest BCUT2D eigenvalue weighted by Gasteiger charge is -2.15. The highest BCUT2D eigenvalue weighted by Crippen LogP contribution is 2.26. The van der Waals surface area contributed by atoms with Crippen LogP contribution in [0.25, 0.3) is 0 Å². The van der Waals surface area contributed by atoms with Crippen LogP contribution >= 0.6 is 23.2 Å². The summed E-state index contributed by atoms with van der Waals surface area (Å²) in [6.07, 6.45) is -0.0737. The first-order valence-electron chi connectivity index (χ1n) is 5.25. The van der Waals surface area contributed by atoms with Gasteiger partial charge in [0.1, 0.15) is 0 Å². The van der Waals surface area contributed by atoms with E-state index in [0.29, 0.717) is 23.1 Å². The fraction of sp³-hybridized carbons (Fsp3) is 0.364. The van der Waals surface area contributed by atoms with Crippen LogP contribution in [0.15, 0.2) is 18.2 Å². The van der Waals surface area contributed by atoms with E-state index in [1.54, 1.807) is 12.1 Å². The van der Waals surface area contributed by atoms with Gasteiger partial charge in [-0.15, -0.1) is 0 Å². The van der Waals surface area contributed by atoms with Crippen molar-refractivity contribution in [2.24, 2.45) is 0 Å². The molecule has 0 radical (unpaired) electrons. The molecule has 1 aromatic carbocycles. The van der Waals surface area contributed by atoms with Gasteiger partial charge in [0.25, 0.3) is 0 Å². The minimum atomic E-state index is -0.872. The fourth-order valence-corrected chi connectivity index (χ4v) is 2.17.